The van der Waals surface area contributed by atoms with Crippen molar-refractivity contribution in [3.8, 4) is 0 Å². The molecule has 0 bridgehead atoms. The molecule has 3 atom stereocenters. The van der Waals surface area contributed by atoms with Crippen molar-refractivity contribution in [2.24, 2.45) is 10.9 Å². The molecule has 0 radical (unpaired) electrons. The smallest absolute Gasteiger partial charge is 0.160 e. The highest BCUT2D eigenvalue weighted by molar-refractivity contribution is 8.14. The molecule has 3 heteroatoms. The van der Waals surface area contributed by atoms with E-state index in [1.165, 1.54) is 43.7 Å². The zero-order valence-corrected chi connectivity index (χ0v) is 14.7. The minimum atomic E-state index is 0.406. The molecule has 0 aromatic rings. The third kappa shape index (κ3) is 3.93. The molecule has 1 saturated carbocycles. The van der Waals surface area contributed by atoms with Crippen molar-refractivity contribution in [1.29, 1.82) is 0 Å². The highest BCUT2D eigenvalue weighted by Gasteiger charge is 2.40. The zero-order valence-electron chi connectivity index (χ0n) is 13.9. The zero-order chi connectivity index (χ0) is 14.7. The van der Waals surface area contributed by atoms with Crippen LogP contribution in [-0.4, -0.2) is 33.4 Å². The topological polar surface area (TPSA) is 15.6 Å². The van der Waals surface area contributed by atoms with Crippen molar-refractivity contribution in [3.63, 3.8) is 0 Å². The van der Waals surface area contributed by atoms with Gasteiger partial charge < -0.3 is 4.90 Å². The van der Waals surface area contributed by atoms with E-state index in [1.807, 2.05) is 0 Å². The highest BCUT2D eigenvalue weighted by Crippen LogP contribution is 2.41. The Morgan fingerprint density at radius 3 is 2.45 bits per heavy atom. The van der Waals surface area contributed by atoms with Crippen molar-refractivity contribution >= 4 is 16.9 Å². The van der Waals surface area contributed by atoms with Crippen LogP contribution in [0.5, 0.6) is 0 Å². The lowest BCUT2D eigenvalue weighted by molar-refractivity contribution is 0.245. The van der Waals surface area contributed by atoms with Gasteiger partial charge in [-0.15, -0.1) is 0 Å². The van der Waals surface area contributed by atoms with Crippen molar-refractivity contribution in [2.45, 2.75) is 96.5 Å². The first-order valence-electron chi connectivity index (χ1n) is 8.51. The predicted molar refractivity (Wildman–Crippen MR) is 91.6 cm³/mol. The third-order valence-electron chi connectivity index (χ3n) is 4.52. The molecule has 3 unspecified atom stereocenters. The van der Waals surface area contributed by atoms with Gasteiger partial charge in [0.25, 0.3) is 0 Å². The van der Waals surface area contributed by atoms with Crippen molar-refractivity contribution in [3.05, 3.63) is 0 Å². The van der Waals surface area contributed by atoms with Gasteiger partial charge in [0.1, 0.15) is 0 Å². The lowest BCUT2D eigenvalue weighted by Crippen LogP contribution is -2.42. The van der Waals surface area contributed by atoms with Crippen LogP contribution in [0.3, 0.4) is 0 Å². The minimum absolute atomic E-state index is 0.406. The van der Waals surface area contributed by atoms with E-state index in [2.05, 4.69) is 51.3 Å². The monoisotopic (exact) mass is 296 g/mol. The van der Waals surface area contributed by atoms with Gasteiger partial charge in [-0.3, -0.25) is 4.99 Å². The highest BCUT2D eigenvalue weighted by atomic mass is 32.2. The van der Waals surface area contributed by atoms with Crippen LogP contribution in [0.25, 0.3) is 0 Å². The molecule has 1 aliphatic carbocycles. The van der Waals surface area contributed by atoms with Crippen LogP contribution < -0.4 is 0 Å². The molecular weight excluding hydrogens is 264 g/mol. The van der Waals surface area contributed by atoms with Crippen molar-refractivity contribution < 1.29 is 0 Å². The number of amidine groups is 1. The Morgan fingerprint density at radius 1 is 1.10 bits per heavy atom. The molecule has 0 N–H and O–H groups in total. The summed E-state index contributed by atoms with van der Waals surface area (Å²) in [6, 6.07) is 1.70. The maximum absolute atomic E-state index is 4.92. The summed E-state index contributed by atoms with van der Waals surface area (Å²) in [5.41, 5.74) is 0. The van der Waals surface area contributed by atoms with Gasteiger partial charge in [-0.1, -0.05) is 44.4 Å². The molecule has 0 spiro atoms. The molecule has 0 amide bonds. The quantitative estimate of drug-likeness (QED) is 0.717. The molecule has 1 heterocycles. The Bertz CT molecular complexity index is 338. The van der Waals surface area contributed by atoms with Gasteiger partial charge in [0.15, 0.2) is 5.17 Å². The summed E-state index contributed by atoms with van der Waals surface area (Å²) in [7, 11) is 0. The second-order valence-electron chi connectivity index (χ2n) is 7.21. The first-order chi connectivity index (χ1) is 9.49. The lowest BCUT2D eigenvalue weighted by atomic mass is 9.96. The Balaban J connectivity index is 2.21. The average molecular weight is 297 g/mol. The van der Waals surface area contributed by atoms with Gasteiger partial charge in [-0.05, 0) is 46.5 Å². The maximum atomic E-state index is 4.92. The fraction of sp³-hybridized carbons (Fsp3) is 0.941. The standard InChI is InChI=1S/C17H32N2S/c1-12(2)18-17-19(13(3)4)15-10-8-6-7-9-14(5)11-16(15)20-17/h12-16H,6-11H2,1-5H3. The fourth-order valence-electron chi connectivity index (χ4n) is 3.59. The molecular formula is C17H32N2S. The number of rotatable bonds is 2. The molecule has 0 aromatic carbocycles. The normalized spacial score (nSPS) is 34.2. The first kappa shape index (κ1) is 16.2. The van der Waals surface area contributed by atoms with E-state index in [1.54, 1.807) is 0 Å². The number of hydrogen-bond acceptors (Lipinski definition) is 2. The number of thioether (sulfide) groups is 1. The summed E-state index contributed by atoms with van der Waals surface area (Å²) in [6.45, 7) is 11.5. The molecule has 2 rings (SSSR count). The summed E-state index contributed by atoms with van der Waals surface area (Å²) >= 11 is 2.07. The first-order valence-corrected chi connectivity index (χ1v) is 9.39. The Kier molecular flexibility index (Phi) is 5.83. The van der Waals surface area contributed by atoms with E-state index < -0.39 is 0 Å². The van der Waals surface area contributed by atoms with Gasteiger partial charge in [-0.2, -0.15) is 0 Å². The van der Waals surface area contributed by atoms with Crippen LogP contribution in [0.15, 0.2) is 4.99 Å². The molecule has 1 aliphatic heterocycles. The number of aliphatic imine (C=N–C) groups is 1. The van der Waals surface area contributed by atoms with Crippen molar-refractivity contribution in [2.75, 3.05) is 0 Å². The Labute approximate surface area is 129 Å². The van der Waals surface area contributed by atoms with Gasteiger partial charge in [0.2, 0.25) is 0 Å². The van der Waals surface area contributed by atoms with Crippen LogP contribution in [0.1, 0.15) is 73.1 Å². The summed E-state index contributed by atoms with van der Waals surface area (Å²) < 4.78 is 0. The van der Waals surface area contributed by atoms with E-state index in [0.29, 0.717) is 12.1 Å². The molecule has 2 nitrogen and oxygen atoms in total. The van der Waals surface area contributed by atoms with Crippen molar-refractivity contribution in [1.82, 2.24) is 4.90 Å². The largest absolute Gasteiger partial charge is 0.345 e. The molecule has 116 valence electrons. The number of hydrogen-bond donors (Lipinski definition) is 0. The van der Waals surface area contributed by atoms with E-state index >= 15 is 0 Å². The van der Waals surface area contributed by atoms with Gasteiger partial charge in [-0.25, -0.2) is 0 Å². The molecule has 2 aliphatic rings. The summed E-state index contributed by atoms with van der Waals surface area (Å²) in [6.07, 6.45) is 8.39. The van der Waals surface area contributed by atoms with Gasteiger partial charge in [0, 0.05) is 23.4 Å². The molecule has 1 saturated heterocycles. The third-order valence-corrected chi connectivity index (χ3v) is 5.86. The van der Waals surface area contributed by atoms with E-state index in [9.17, 15) is 0 Å². The summed E-state index contributed by atoms with van der Waals surface area (Å²) in [5.74, 6) is 0.875. The van der Waals surface area contributed by atoms with E-state index in [4.69, 9.17) is 4.99 Å². The molecule has 20 heavy (non-hydrogen) atoms. The Hall–Kier alpha value is -0.180. The molecule has 0 aromatic heterocycles. The maximum Gasteiger partial charge on any atom is 0.160 e. The van der Waals surface area contributed by atoms with Crippen LogP contribution in [0.2, 0.25) is 0 Å². The average Bonchev–Trinajstić information content (AvgIpc) is 2.67. The van der Waals surface area contributed by atoms with Crippen LogP contribution in [0, 0.1) is 5.92 Å². The number of nitrogens with zero attached hydrogens (tertiary/aromatic N) is 2. The summed E-state index contributed by atoms with van der Waals surface area (Å²) in [4.78, 5) is 7.55. The Morgan fingerprint density at radius 2 is 1.80 bits per heavy atom. The minimum Gasteiger partial charge on any atom is -0.345 e. The second kappa shape index (κ2) is 7.20. The summed E-state index contributed by atoms with van der Waals surface area (Å²) in [5, 5.41) is 2.08. The van der Waals surface area contributed by atoms with E-state index in [0.717, 1.165) is 17.2 Å². The van der Waals surface area contributed by atoms with E-state index in [-0.39, 0.29) is 0 Å². The second-order valence-corrected chi connectivity index (χ2v) is 8.42. The fourth-order valence-corrected chi connectivity index (χ4v) is 5.44. The number of fused-ring (bicyclic) bond motifs is 1. The lowest BCUT2D eigenvalue weighted by Gasteiger charge is -2.32. The predicted octanol–water partition coefficient (Wildman–Crippen LogP) is 4.94. The SMILES string of the molecule is CC1CCCCCC2C(C1)SC(=NC(C)C)N2C(C)C. The van der Waals surface area contributed by atoms with Gasteiger partial charge in [0.05, 0.1) is 0 Å². The van der Waals surface area contributed by atoms with Crippen LogP contribution in [0.4, 0.5) is 0 Å². The van der Waals surface area contributed by atoms with Crippen LogP contribution in [-0.2, 0) is 0 Å². The van der Waals surface area contributed by atoms with Crippen LogP contribution >= 0.6 is 11.8 Å². The van der Waals surface area contributed by atoms with Gasteiger partial charge >= 0.3 is 0 Å². The molecule has 2 fully saturated rings.